The molecule has 14 heavy (non-hydrogen) atoms. The summed E-state index contributed by atoms with van der Waals surface area (Å²) in [5.41, 5.74) is 0. The van der Waals surface area contributed by atoms with Crippen LogP contribution in [0.15, 0.2) is 0 Å². The zero-order valence-corrected chi connectivity index (χ0v) is 7.32. The lowest BCUT2D eigenvalue weighted by Gasteiger charge is -2.35. The molecule has 0 aromatic carbocycles. The van der Waals surface area contributed by atoms with Crippen molar-refractivity contribution in [1.29, 1.82) is 0 Å². The van der Waals surface area contributed by atoms with E-state index in [0.29, 0.717) is 9.81 Å². The van der Waals surface area contributed by atoms with Gasteiger partial charge in [0.2, 0.25) is 0 Å². The predicted octanol–water partition coefficient (Wildman–Crippen LogP) is -2.15. The highest BCUT2D eigenvalue weighted by Gasteiger charge is 1.99. The van der Waals surface area contributed by atoms with Gasteiger partial charge < -0.3 is 10.4 Å². The molecule has 0 bridgehead atoms. The number of aromatic amines is 2. The Balaban J connectivity index is 3.02. The standard InChI is InChI=1S/C2H8N8O4/c1-13-9(11)7-5-3-4-6-8(7)10(12)14-2/h1-2H3,(H,4,5)(H,3,6)/q-2. The molecular weight excluding hydrogens is 200 g/mol. The van der Waals surface area contributed by atoms with Gasteiger partial charge in [0, 0.05) is 0 Å². The number of aromatic nitrogens is 6. The Morgan fingerprint density at radius 3 is 1.64 bits per heavy atom. The van der Waals surface area contributed by atoms with Crippen LogP contribution in [-0.2, 0) is 9.68 Å². The van der Waals surface area contributed by atoms with Crippen molar-refractivity contribution in [3.63, 3.8) is 0 Å². The first-order chi connectivity index (χ1) is 6.70. The molecule has 0 saturated heterocycles. The summed E-state index contributed by atoms with van der Waals surface area (Å²) < 4.78 is 0. The van der Waals surface area contributed by atoms with E-state index in [1.54, 1.807) is 0 Å². The second-order valence-electron chi connectivity index (χ2n) is 1.82. The number of nitrogens with zero attached hydrogens (tertiary/aromatic N) is 6. The maximum absolute atomic E-state index is 11.0. The molecule has 0 aliphatic heterocycles. The first kappa shape index (κ1) is 10.3. The first-order valence-corrected chi connectivity index (χ1v) is 3.24. The van der Waals surface area contributed by atoms with Crippen LogP contribution in [0.5, 0.6) is 0 Å². The van der Waals surface area contributed by atoms with E-state index in [2.05, 4.69) is 30.5 Å². The molecule has 2 N–H and O–H groups in total. The summed E-state index contributed by atoms with van der Waals surface area (Å²) in [7, 11) is 2.20. The third-order valence-corrected chi connectivity index (χ3v) is 1.12. The Labute approximate surface area is 76.8 Å². The molecule has 0 amide bonds. The van der Waals surface area contributed by atoms with Gasteiger partial charge in [-0.25, -0.2) is 10.7 Å². The fraction of sp³-hybridized carbons (Fsp3) is 1.00. The predicted molar refractivity (Wildman–Crippen MR) is 41.5 cm³/mol. The molecule has 12 nitrogen and oxygen atoms in total. The highest BCUT2D eigenvalue weighted by atomic mass is 17.0. The van der Waals surface area contributed by atoms with Crippen LogP contribution in [-0.4, -0.2) is 44.9 Å². The Hall–Kier alpha value is -1.76. The Kier molecular flexibility index (Phi) is 3.29. The van der Waals surface area contributed by atoms with Crippen molar-refractivity contribution in [2.75, 3.05) is 24.9 Å². The zero-order valence-electron chi connectivity index (χ0n) is 7.32. The lowest BCUT2D eigenvalue weighted by atomic mass is 11.7. The molecule has 0 fully saturated rings. The highest BCUT2D eigenvalue weighted by molar-refractivity contribution is 4.68. The van der Waals surface area contributed by atoms with Gasteiger partial charge in [-0.05, 0) is 10.4 Å². The molecule has 0 aliphatic rings. The van der Waals surface area contributed by atoms with Crippen LogP contribution in [0, 0.1) is 10.4 Å². The number of H-pyrrole nitrogens is 2. The molecule has 0 atom stereocenters. The SMILES string of the molecule is CON([O-])n1[nH]nn[nH]n1N([O-])OC. The first-order valence-electron chi connectivity index (χ1n) is 3.24. The van der Waals surface area contributed by atoms with Gasteiger partial charge in [0.15, 0.2) is 0 Å². The van der Waals surface area contributed by atoms with Gasteiger partial charge in [-0.1, -0.05) is 9.81 Å². The average molecular weight is 208 g/mol. The van der Waals surface area contributed by atoms with Crippen molar-refractivity contribution in [3.05, 3.63) is 10.4 Å². The highest BCUT2D eigenvalue weighted by Crippen LogP contribution is 1.86. The second-order valence-corrected chi connectivity index (χ2v) is 1.82. The van der Waals surface area contributed by atoms with Crippen LogP contribution >= 0.6 is 0 Å². The maximum Gasteiger partial charge on any atom is 0.0648 e. The summed E-state index contributed by atoms with van der Waals surface area (Å²) in [5.74, 6) is 0. The minimum Gasteiger partial charge on any atom is -0.715 e. The normalized spacial score (nSPS) is 10.0. The van der Waals surface area contributed by atoms with E-state index in [0.717, 1.165) is 14.2 Å². The van der Waals surface area contributed by atoms with Crippen LogP contribution in [0.3, 0.4) is 0 Å². The van der Waals surface area contributed by atoms with Crippen molar-refractivity contribution in [2.45, 2.75) is 0 Å². The lowest BCUT2D eigenvalue weighted by Crippen LogP contribution is -2.46. The molecule has 0 aliphatic carbocycles. The molecule has 0 radical (unpaired) electrons. The molecule has 82 valence electrons. The number of rotatable bonds is 4. The number of hydrogen-bond acceptors (Lipinski definition) is 8. The quantitative estimate of drug-likeness (QED) is 0.534. The molecule has 1 heterocycles. The number of hydrogen-bond donors (Lipinski definition) is 2. The third-order valence-electron chi connectivity index (χ3n) is 1.12. The van der Waals surface area contributed by atoms with E-state index in [1.165, 1.54) is 0 Å². The lowest BCUT2D eigenvalue weighted by molar-refractivity contribution is 0.0294. The summed E-state index contributed by atoms with van der Waals surface area (Å²) in [6.07, 6.45) is 0. The summed E-state index contributed by atoms with van der Waals surface area (Å²) in [6, 6.07) is 0. The summed E-state index contributed by atoms with van der Waals surface area (Å²) in [4.78, 5) is 9.54. The molecule has 1 aromatic heterocycles. The Morgan fingerprint density at radius 2 is 1.36 bits per heavy atom. The van der Waals surface area contributed by atoms with E-state index in [4.69, 9.17) is 0 Å². The van der Waals surface area contributed by atoms with Crippen molar-refractivity contribution in [3.8, 4) is 0 Å². The van der Waals surface area contributed by atoms with E-state index in [9.17, 15) is 10.4 Å². The monoisotopic (exact) mass is 208 g/mol. The van der Waals surface area contributed by atoms with E-state index in [1.807, 2.05) is 0 Å². The summed E-state index contributed by atoms with van der Waals surface area (Å²) >= 11 is 0. The molecule has 1 rings (SSSR count). The van der Waals surface area contributed by atoms with Crippen LogP contribution < -0.4 is 10.7 Å². The molecule has 12 heteroatoms. The summed E-state index contributed by atoms with van der Waals surface area (Å²) in [6.45, 7) is 0. The van der Waals surface area contributed by atoms with Crippen LogP contribution in [0.4, 0.5) is 0 Å². The van der Waals surface area contributed by atoms with Crippen LogP contribution in [0.25, 0.3) is 0 Å². The maximum atomic E-state index is 11.0. The molecule has 1 aromatic rings. The summed E-state index contributed by atoms with van der Waals surface area (Å²) in [5, 5.41) is 32.3. The van der Waals surface area contributed by atoms with Gasteiger partial charge in [0.05, 0.1) is 14.2 Å². The third kappa shape index (κ3) is 1.94. The average Bonchev–Trinajstić information content (AvgIpc) is 2.27. The van der Waals surface area contributed by atoms with E-state index < -0.39 is 0 Å². The smallest absolute Gasteiger partial charge is 0.0648 e. The van der Waals surface area contributed by atoms with Crippen LogP contribution in [0.2, 0.25) is 0 Å². The van der Waals surface area contributed by atoms with Crippen molar-refractivity contribution in [2.24, 2.45) is 0 Å². The molecule has 0 saturated carbocycles. The van der Waals surface area contributed by atoms with Gasteiger partial charge >= 0.3 is 0 Å². The largest absolute Gasteiger partial charge is 0.715 e. The zero-order chi connectivity index (χ0) is 10.6. The van der Waals surface area contributed by atoms with Gasteiger partial charge in [0.1, 0.15) is 0 Å². The fourth-order valence-electron chi connectivity index (χ4n) is 0.576. The second kappa shape index (κ2) is 4.47. The van der Waals surface area contributed by atoms with E-state index in [-0.39, 0.29) is 10.7 Å². The minimum atomic E-state index is -0.0743. The van der Waals surface area contributed by atoms with Crippen LogP contribution in [0.1, 0.15) is 0 Å². The number of nitrogens with one attached hydrogen (secondary N) is 2. The molecule has 0 unspecified atom stereocenters. The van der Waals surface area contributed by atoms with Crippen molar-refractivity contribution >= 4 is 0 Å². The van der Waals surface area contributed by atoms with E-state index >= 15 is 0 Å². The van der Waals surface area contributed by atoms with Crippen molar-refractivity contribution < 1.29 is 9.68 Å². The fourth-order valence-corrected chi connectivity index (χ4v) is 0.576. The Morgan fingerprint density at radius 1 is 1.00 bits per heavy atom. The van der Waals surface area contributed by atoms with Crippen molar-refractivity contribution in [1.82, 2.24) is 30.7 Å². The van der Waals surface area contributed by atoms with Gasteiger partial charge in [-0.2, -0.15) is 10.4 Å². The minimum absolute atomic E-state index is 0.0743. The van der Waals surface area contributed by atoms with Gasteiger partial charge in [-0.15, -0.1) is 0 Å². The molecular formula is C2H8N8O4-2. The van der Waals surface area contributed by atoms with Gasteiger partial charge in [0.25, 0.3) is 0 Å². The topological polar surface area (TPSA) is 138 Å². The van der Waals surface area contributed by atoms with Gasteiger partial charge in [-0.3, -0.25) is 9.68 Å². The molecule has 0 spiro atoms. The Bertz CT molecular complexity index is 265.